The number of hydrogen-bond donors (Lipinski definition) is 1. The van der Waals surface area contributed by atoms with Gasteiger partial charge in [0.25, 0.3) is 0 Å². The summed E-state index contributed by atoms with van der Waals surface area (Å²) in [5.41, 5.74) is 6.62. The lowest BCUT2D eigenvalue weighted by molar-refractivity contribution is -0.139. The first-order valence-corrected chi connectivity index (χ1v) is 11.6. The molecule has 10 heteroatoms. The van der Waals surface area contributed by atoms with Gasteiger partial charge in [0.2, 0.25) is 0 Å². The van der Waals surface area contributed by atoms with Crippen LogP contribution < -0.4 is 15.4 Å². The first kappa shape index (κ1) is 25.7. The molecule has 0 aromatic heterocycles. The van der Waals surface area contributed by atoms with Gasteiger partial charge < -0.3 is 24.7 Å². The summed E-state index contributed by atoms with van der Waals surface area (Å²) in [6, 6.07) is 14.7. The second-order valence-corrected chi connectivity index (χ2v) is 8.38. The fraction of sp³-hybridized carbons (Fsp3) is 0.296. The summed E-state index contributed by atoms with van der Waals surface area (Å²) in [4.78, 5) is 27.3. The number of carbonyl (C=O) groups excluding carboxylic acids is 2. The van der Waals surface area contributed by atoms with Gasteiger partial charge in [-0.3, -0.25) is 4.90 Å². The number of carbonyl (C=O) groups is 2. The number of benzene rings is 2. The number of hydrogen-bond acceptors (Lipinski definition) is 9. The van der Waals surface area contributed by atoms with E-state index in [1.165, 1.54) is 12.1 Å². The van der Waals surface area contributed by atoms with Gasteiger partial charge in [-0.25, -0.2) is 14.0 Å². The minimum absolute atomic E-state index is 0.0119. The van der Waals surface area contributed by atoms with E-state index in [0.29, 0.717) is 31.6 Å². The van der Waals surface area contributed by atoms with Gasteiger partial charge in [-0.05, 0) is 17.7 Å². The van der Waals surface area contributed by atoms with E-state index in [4.69, 9.17) is 24.7 Å². The van der Waals surface area contributed by atoms with Crippen LogP contribution in [0.4, 0.5) is 10.1 Å². The molecule has 1 fully saturated rings. The highest BCUT2D eigenvalue weighted by atomic mass is 19.1. The summed E-state index contributed by atoms with van der Waals surface area (Å²) in [7, 11) is 2.30. The van der Waals surface area contributed by atoms with Crippen molar-refractivity contribution < 1.29 is 32.9 Å². The van der Waals surface area contributed by atoms with Crippen molar-refractivity contribution in [1.82, 2.24) is 0 Å². The number of esters is 2. The van der Waals surface area contributed by atoms with E-state index in [0.717, 1.165) is 25.2 Å². The average Bonchev–Trinajstić information content (AvgIpc) is 2.93. The molecule has 1 atom stereocenters. The molecule has 4 rings (SSSR count). The molecule has 2 heterocycles. The van der Waals surface area contributed by atoms with E-state index in [-0.39, 0.29) is 40.2 Å². The summed E-state index contributed by atoms with van der Waals surface area (Å²) >= 11 is 0. The Hall–Kier alpha value is -4.36. The highest BCUT2D eigenvalue weighted by Gasteiger charge is 2.43. The van der Waals surface area contributed by atoms with Crippen LogP contribution in [0, 0.1) is 17.1 Å². The molecule has 2 aromatic carbocycles. The lowest BCUT2D eigenvalue weighted by Gasteiger charge is -2.36. The zero-order chi connectivity index (χ0) is 26.5. The zero-order valence-corrected chi connectivity index (χ0v) is 20.4. The van der Waals surface area contributed by atoms with Crippen LogP contribution in [0.1, 0.15) is 24.3 Å². The van der Waals surface area contributed by atoms with Gasteiger partial charge in [0.1, 0.15) is 17.6 Å². The van der Waals surface area contributed by atoms with Crippen molar-refractivity contribution in [3.63, 3.8) is 0 Å². The molecule has 0 aliphatic carbocycles. The number of halogens is 1. The van der Waals surface area contributed by atoms with Gasteiger partial charge in [0.05, 0.1) is 56.3 Å². The van der Waals surface area contributed by atoms with E-state index < -0.39 is 23.7 Å². The number of ether oxygens (including phenoxy) is 4. The van der Waals surface area contributed by atoms with Crippen LogP contribution in [0.15, 0.2) is 71.2 Å². The van der Waals surface area contributed by atoms with E-state index in [2.05, 4.69) is 6.07 Å². The Morgan fingerprint density at radius 3 is 2.35 bits per heavy atom. The number of nitrogens with two attached hydrogens (primary N) is 1. The largest absolute Gasteiger partial charge is 0.487 e. The maximum Gasteiger partial charge on any atom is 0.355 e. The summed E-state index contributed by atoms with van der Waals surface area (Å²) in [5.74, 6) is -3.62. The average molecular weight is 508 g/mol. The Kier molecular flexibility index (Phi) is 7.74. The maximum absolute atomic E-state index is 15.2. The monoisotopic (exact) mass is 507 g/mol. The van der Waals surface area contributed by atoms with Crippen LogP contribution in [0.5, 0.6) is 5.75 Å². The van der Waals surface area contributed by atoms with Crippen LogP contribution in [0.2, 0.25) is 0 Å². The molecule has 2 aromatic rings. The Bertz CT molecular complexity index is 1290. The van der Waals surface area contributed by atoms with E-state index in [9.17, 15) is 14.9 Å². The van der Waals surface area contributed by atoms with Crippen molar-refractivity contribution in [2.45, 2.75) is 24.9 Å². The molecule has 2 N–H and O–H groups in total. The zero-order valence-electron chi connectivity index (χ0n) is 20.4. The Balaban J connectivity index is 1.87. The number of rotatable bonds is 6. The molecule has 0 bridgehead atoms. The molecule has 2 aliphatic rings. The van der Waals surface area contributed by atoms with Crippen molar-refractivity contribution in [3.05, 3.63) is 82.6 Å². The molecule has 2 aliphatic heterocycles. The van der Waals surface area contributed by atoms with Crippen molar-refractivity contribution in [2.75, 3.05) is 32.3 Å². The van der Waals surface area contributed by atoms with Crippen LogP contribution in [0.3, 0.4) is 0 Å². The highest BCUT2D eigenvalue weighted by molar-refractivity contribution is 6.06. The number of allylic oxidation sites excluding steroid dienone is 1. The van der Waals surface area contributed by atoms with Crippen LogP contribution in [-0.4, -0.2) is 45.5 Å². The second-order valence-electron chi connectivity index (χ2n) is 8.38. The number of methoxy groups -OCH3 is 2. The quantitative estimate of drug-likeness (QED) is 0.587. The van der Waals surface area contributed by atoms with Crippen LogP contribution in [0.25, 0.3) is 0 Å². The molecule has 0 saturated carbocycles. The minimum Gasteiger partial charge on any atom is -0.487 e. The van der Waals surface area contributed by atoms with Gasteiger partial charge in [0.15, 0.2) is 11.6 Å². The Labute approximate surface area is 213 Å². The third-order valence-electron chi connectivity index (χ3n) is 6.25. The third-order valence-corrected chi connectivity index (χ3v) is 6.25. The van der Waals surface area contributed by atoms with Gasteiger partial charge in [-0.2, -0.15) is 5.26 Å². The minimum atomic E-state index is -1.01. The Morgan fingerprint density at radius 2 is 1.76 bits per heavy atom. The van der Waals surface area contributed by atoms with E-state index in [1.54, 1.807) is 30.3 Å². The molecule has 0 radical (unpaired) electrons. The fourth-order valence-corrected chi connectivity index (χ4v) is 4.48. The predicted octanol–water partition coefficient (Wildman–Crippen LogP) is 3.28. The molecule has 0 amide bonds. The number of anilines is 1. The van der Waals surface area contributed by atoms with Crippen molar-refractivity contribution in [2.24, 2.45) is 5.73 Å². The summed E-state index contributed by atoms with van der Waals surface area (Å²) in [5, 5.41) is 10.1. The number of nitriles is 1. The fourth-order valence-electron chi connectivity index (χ4n) is 4.48. The molecule has 37 heavy (non-hydrogen) atoms. The van der Waals surface area contributed by atoms with Gasteiger partial charge in [0, 0.05) is 18.9 Å². The molecule has 0 spiro atoms. The summed E-state index contributed by atoms with van der Waals surface area (Å²) in [6.07, 6.45) is 1.07. The van der Waals surface area contributed by atoms with Gasteiger partial charge >= 0.3 is 11.9 Å². The molecule has 9 nitrogen and oxygen atoms in total. The van der Waals surface area contributed by atoms with Gasteiger partial charge in [-0.1, -0.05) is 30.3 Å². The lowest BCUT2D eigenvalue weighted by atomic mass is 9.81. The first-order valence-electron chi connectivity index (χ1n) is 11.6. The lowest BCUT2D eigenvalue weighted by Crippen LogP contribution is -2.40. The predicted molar refractivity (Wildman–Crippen MR) is 130 cm³/mol. The molecular weight excluding hydrogens is 481 g/mol. The van der Waals surface area contributed by atoms with Crippen LogP contribution in [-0.2, 0) is 23.8 Å². The van der Waals surface area contributed by atoms with E-state index >= 15 is 4.39 Å². The standard InChI is InChI=1S/C27H26FN3O6/c1-34-26(32)23-22(16-6-4-3-5-7-16)19(15-29)25(30)31(24(23)27(33)35-2)17-8-9-21(20(28)14-17)37-18-10-12-36-13-11-18/h3-9,14,18,22H,10-13,30H2,1-2H3. The molecule has 192 valence electrons. The molecule has 1 unspecified atom stereocenters. The Morgan fingerprint density at radius 1 is 1.08 bits per heavy atom. The second kappa shape index (κ2) is 11.1. The summed E-state index contributed by atoms with van der Waals surface area (Å²) < 4.78 is 36.3. The molecular formula is C27H26FN3O6. The smallest absolute Gasteiger partial charge is 0.355 e. The first-order chi connectivity index (χ1) is 17.9. The van der Waals surface area contributed by atoms with Crippen LogP contribution >= 0.6 is 0 Å². The number of nitrogens with zero attached hydrogens (tertiary/aromatic N) is 2. The molecule has 1 saturated heterocycles. The maximum atomic E-state index is 15.2. The SMILES string of the molecule is COC(=O)C1=C(C(=O)OC)N(c2ccc(OC3CCOCC3)c(F)c2)C(N)=C(C#N)C1c1ccccc1. The normalized spacial score (nSPS) is 18.3. The third kappa shape index (κ3) is 4.99. The van der Waals surface area contributed by atoms with Crippen molar-refractivity contribution in [3.8, 4) is 11.8 Å². The van der Waals surface area contributed by atoms with E-state index in [1.807, 2.05) is 0 Å². The highest BCUT2D eigenvalue weighted by Crippen LogP contribution is 2.43. The topological polar surface area (TPSA) is 124 Å². The van der Waals surface area contributed by atoms with Gasteiger partial charge in [-0.15, -0.1) is 0 Å². The van der Waals surface area contributed by atoms with Crippen molar-refractivity contribution in [1.29, 1.82) is 5.26 Å². The van der Waals surface area contributed by atoms with Crippen molar-refractivity contribution >= 4 is 17.6 Å². The summed E-state index contributed by atoms with van der Waals surface area (Å²) in [6.45, 7) is 1.06.